The predicted molar refractivity (Wildman–Crippen MR) is 104 cm³/mol. The zero-order chi connectivity index (χ0) is 19.9. The fourth-order valence-electron chi connectivity index (χ4n) is 5.95. The minimum atomic E-state index is -0.611. The van der Waals surface area contributed by atoms with Gasteiger partial charge in [-0.3, -0.25) is 10.1 Å². The zero-order valence-corrected chi connectivity index (χ0v) is 16.5. The number of hydrogen-bond acceptors (Lipinski definition) is 4. The summed E-state index contributed by atoms with van der Waals surface area (Å²) in [6.07, 6.45) is 6.91. The Morgan fingerprint density at radius 2 is 1.64 bits per heavy atom. The van der Waals surface area contributed by atoms with Gasteiger partial charge in [-0.2, -0.15) is 0 Å². The molecular weight excluding hydrogens is 356 g/mol. The van der Waals surface area contributed by atoms with Crippen LogP contribution in [-0.2, 0) is 9.53 Å². The van der Waals surface area contributed by atoms with Crippen LogP contribution in [0.25, 0.3) is 0 Å². The normalized spacial score (nSPS) is 30.0. The molecule has 28 heavy (non-hydrogen) atoms. The maximum Gasteiger partial charge on any atom is 0.338 e. The van der Waals surface area contributed by atoms with Crippen molar-refractivity contribution in [1.29, 1.82) is 0 Å². The first kappa shape index (κ1) is 19.0. The van der Waals surface area contributed by atoms with Gasteiger partial charge < -0.3 is 10.1 Å². The lowest BCUT2D eigenvalue weighted by molar-refractivity contribution is -0.123. The molecule has 0 aliphatic heterocycles. The molecular formula is C22H28N2O4. The zero-order valence-electron chi connectivity index (χ0n) is 16.5. The minimum Gasteiger partial charge on any atom is -0.452 e. The van der Waals surface area contributed by atoms with E-state index < -0.39 is 24.5 Å². The molecule has 0 spiro atoms. The number of carbonyl (C=O) groups excluding carboxylic acids is 3. The van der Waals surface area contributed by atoms with Crippen molar-refractivity contribution < 1.29 is 19.1 Å². The quantitative estimate of drug-likeness (QED) is 0.781. The van der Waals surface area contributed by atoms with E-state index in [1.165, 1.54) is 19.3 Å². The van der Waals surface area contributed by atoms with Crippen LogP contribution in [0.4, 0.5) is 4.79 Å². The molecule has 3 amide bonds. The Balaban J connectivity index is 1.27. The summed E-state index contributed by atoms with van der Waals surface area (Å²) in [7, 11) is 0. The molecule has 4 bridgehead atoms. The van der Waals surface area contributed by atoms with Gasteiger partial charge in [0.05, 0.1) is 5.56 Å². The molecule has 0 saturated heterocycles. The van der Waals surface area contributed by atoms with E-state index in [9.17, 15) is 14.4 Å². The van der Waals surface area contributed by atoms with Gasteiger partial charge in [-0.1, -0.05) is 17.7 Å². The molecule has 0 unspecified atom stereocenters. The smallest absolute Gasteiger partial charge is 0.338 e. The number of amides is 3. The number of hydrogen-bond donors (Lipinski definition) is 2. The summed E-state index contributed by atoms with van der Waals surface area (Å²) >= 11 is 0. The van der Waals surface area contributed by atoms with Crippen LogP contribution in [0.1, 0.15) is 60.0 Å². The molecule has 4 aliphatic rings. The molecule has 150 valence electrons. The minimum absolute atomic E-state index is 0.158. The van der Waals surface area contributed by atoms with Crippen LogP contribution in [0.5, 0.6) is 0 Å². The number of nitrogens with one attached hydrogen (secondary N) is 2. The lowest BCUT2D eigenvalue weighted by Crippen LogP contribution is -2.62. The molecule has 6 heteroatoms. The molecule has 4 aliphatic carbocycles. The van der Waals surface area contributed by atoms with E-state index in [-0.39, 0.29) is 5.54 Å². The molecule has 0 aromatic heterocycles. The Kier molecular flexibility index (Phi) is 4.89. The SMILES string of the molecule is Cc1ccc(C(=O)OCC(=O)NC(=O)NC23CC4CC(CC(C4)C2)C3)c(C)c1. The summed E-state index contributed by atoms with van der Waals surface area (Å²) in [6.45, 7) is 3.29. The lowest BCUT2D eigenvalue weighted by Gasteiger charge is -2.56. The maximum atomic E-state index is 12.4. The highest BCUT2D eigenvalue weighted by atomic mass is 16.5. The fraction of sp³-hybridized carbons (Fsp3) is 0.591. The van der Waals surface area contributed by atoms with Crippen molar-refractivity contribution in [2.24, 2.45) is 17.8 Å². The number of benzene rings is 1. The van der Waals surface area contributed by atoms with E-state index >= 15 is 0 Å². The third-order valence-corrected chi connectivity index (χ3v) is 6.61. The van der Waals surface area contributed by atoms with Gasteiger partial charge in [0.2, 0.25) is 0 Å². The Morgan fingerprint density at radius 1 is 1.04 bits per heavy atom. The topological polar surface area (TPSA) is 84.5 Å². The third-order valence-electron chi connectivity index (χ3n) is 6.61. The highest BCUT2D eigenvalue weighted by Crippen LogP contribution is 2.55. The van der Waals surface area contributed by atoms with Crippen LogP contribution in [0.2, 0.25) is 0 Å². The Labute approximate surface area is 165 Å². The molecule has 5 rings (SSSR count). The van der Waals surface area contributed by atoms with E-state index in [2.05, 4.69) is 10.6 Å². The molecule has 0 radical (unpaired) electrons. The Bertz CT molecular complexity index is 781. The second kappa shape index (κ2) is 7.22. The molecule has 1 aromatic carbocycles. The average molecular weight is 384 g/mol. The summed E-state index contributed by atoms with van der Waals surface area (Å²) in [4.78, 5) is 36.6. The van der Waals surface area contributed by atoms with Gasteiger partial charge in [-0.15, -0.1) is 0 Å². The van der Waals surface area contributed by atoms with Gasteiger partial charge in [-0.05, 0) is 81.8 Å². The van der Waals surface area contributed by atoms with Crippen LogP contribution in [0.3, 0.4) is 0 Å². The highest BCUT2D eigenvalue weighted by molar-refractivity contribution is 5.97. The predicted octanol–water partition coefficient (Wildman–Crippen LogP) is 3.25. The molecule has 0 atom stereocenters. The van der Waals surface area contributed by atoms with E-state index in [4.69, 9.17) is 4.74 Å². The van der Waals surface area contributed by atoms with Crippen molar-refractivity contribution in [3.63, 3.8) is 0 Å². The number of urea groups is 1. The summed E-state index contributed by atoms with van der Waals surface area (Å²) in [5, 5.41) is 5.40. The van der Waals surface area contributed by atoms with Gasteiger partial charge in [0.1, 0.15) is 0 Å². The number of esters is 1. The average Bonchev–Trinajstić information content (AvgIpc) is 2.57. The summed E-state index contributed by atoms with van der Waals surface area (Å²) in [5.74, 6) is 0.956. The Hall–Kier alpha value is -2.37. The molecule has 4 fully saturated rings. The number of carbonyl (C=O) groups is 3. The molecule has 6 nitrogen and oxygen atoms in total. The van der Waals surface area contributed by atoms with Gasteiger partial charge >= 0.3 is 12.0 Å². The van der Waals surface area contributed by atoms with E-state index in [1.807, 2.05) is 26.0 Å². The van der Waals surface area contributed by atoms with Crippen LogP contribution >= 0.6 is 0 Å². The van der Waals surface area contributed by atoms with E-state index in [0.717, 1.165) is 30.4 Å². The van der Waals surface area contributed by atoms with Crippen molar-refractivity contribution in [1.82, 2.24) is 10.6 Å². The van der Waals surface area contributed by atoms with E-state index in [1.54, 1.807) is 6.07 Å². The number of ether oxygens (including phenoxy) is 1. The van der Waals surface area contributed by atoms with Crippen molar-refractivity contribution >= 4 is 17.9 Å². The standard InChI is InChI=1S/C22H28N2O4/c1-13-3-4-18(14(2)5-13)20(26)28-12-19(25)23-21(27)24-22-9-15-6-16(10-22)8-17(7-15)11-22/h3-5,15-17H,6-12H2,1-2H3,(H2,23,24,25,27). The second-order valence-electron chi connectivity index (χ2n) is 9.09. The summed E-state index contributed by atoms with van der Waals surface area (Å²) in [6, 6.07) is 4.91. The van der Waals surface area contributed by atoms with Crippen molar-refractivity contribution in [3.05, 3.63) is 34.9 Å². The second-order valence-corrected chi connectivity index (χ2v) is 9.09. The molecule has 1 aromatic rings. The monoisotopic (exact) mass is 384 g/mol. The van der Waals surface area contributed by atoms with Gasteiger partial charge in [-0.25, -0.2) is 9.59 Å². The van der Waals surface area contributed by atoms with Crippen molar-refractivity contribution in [2.45, 2.75) is 57.9 Å². The number of aryl methyl sites for hydroxylation is 2. The highest BCUT2D eigenvalue weighted by Gasteiger charge is 2.51. The van der Waals surface area contributed by atoms with Crippen LogP contribution < -0.4 is 10.6 Å². The first-order chi connectivity index (χ1) is 13.3. The Morgan fingerprint density at radius 3 is 2.21 bits per heavy atom. The lowest BCUT2D eigenvalue weighted by atomic mass is 9.53. The molecule has 4 saturated carbocycles. The molecule has 2 N–H and O–H groups in total. The first-order valence-electron chi connectivity index (χ1n) is 10.2. The van der Waals surface area contributed by atoms with Gasteiger partial charge in [0.25, 0.3) is 5.91 Å². The third kappa shape index (κ3) is 3.91. The van der Waals surface area contributed by atoms with Gasteiger partial charge in [0.15, 0.2) is 6.61 Å². The fourth-order valence-corrected chi connectivity index (χ4v) is 5.95. The molecule has 0 heterocycles. The van der Waals surface area contributed by atoms with Gasteiger partial charge in [0, 0.05) is 5.54 Å². The van der Waals surface area contributed by atoms with Crippen molar-refractivity contribution in [2.75, 3.05) is 6.61 Å². The van der Waals surface area contributed by atoms with Crippen LogP contribution in [0, 0.1) is 31.6 Å². The first-order valence-corrected chi connectivity index (χ1v) is 10.2. The number of rotatable bonds is 4. The number of imide groups is 1. The summed E-state index contributed by atoms with van der Waals surface area (Å²) in [5.41, 5.74) is 2.11. The maximum absolute atomic E-state index is 12.4. The van der Waals surface area contributed by atoms with Crippen LogP contribution in [0.15, 0.2) is 18.2 Å². The van der Waals surface area contributed by atoms with Crippen molar-refractivity contribution in [3.8, 4) is 0 Å². The van der Waals surface area contributed by atoms with Crippen LogP contribution in [-0.4, -0.2) is 30.1 Å². The largest absolute Gasteiger partial charge is 0.452 e. The van der Waals surface area contributed by atoms with E-state index in [0.29, 0.717) is 23.3 Å². The summed E-state index contributed by atoms with van der Waals surface area (Å²) < 4.78 is 5.07.